The van der Waals surface area contributed by atoms with E-state index in [0.29, 0.717) is 12.8 Å². The Balaban J connectivity index is -0.000000845. The monoisotopic (exact) mass is 245 g/mol. The van der Waals surface area contributed by atoms with Crippen molar-refractivity contribution in [3.8, 4) is 0 Å². The summed E-state index contributed by atoms with van der Waals surface area (Å²) in [7, 11) is 0. The molecule has 1 amide bonds. The van der Waals surface area contributed by atoms with Crippen LogP contribution in [-0.4, -0.2) is 11.9 Å². The molecule has 0 aromatic heterocycles. The zero-order valence-electron chi connectivity index (χ0n) is 10.7. The molecule has 0 rings (SSSR count). The number of carbonyl (C=O) groups excluding carboxylic acids is 2. The number of aliphatic carboxylic acids is 1. The van der Waals surface area contributed by atoms with Crippen LogP contribution in [0.4, 0.5) is 0 Å². The van der Waals surface area contributed by atoms with E-state index in [-0.39, 0.29) is 71.5 Å². The average molecular weight is 245 g/mol. The molecule has 0 bridgehead atoms. The van der Waals surface area contributed by atoms with Crippen LogP contribution in [0.5, 0.6) is 0 Å². The van der Waals surface area contributed by atoms with Crippen LogP contribution >= 0.6 is 0 Å². The molecule has 0 heterocycles. The molecule has 0 fully saturated rings. The van der Waals surface area contributed by atoms with Crippen LogP contribution < -0.4 is 70.0 Å². The summed E-state index contributed by atoms with van der Waals surface area (Å²) in [6.45, 7) is 3.60. The van der Waals surface area contributed by atoms with Crippen molar-refractivity contribution in [1.82, 2.24) is 0 Å². The first-order valence-electron chi connectivity index (χ1n) is 4.80. The summed E-state index contributed by atoms with van der Waals surface area (Å²) in [4.78, 5) is 21.6. The first-order valence-corrected chi connectivity index (χ1v) is 4.80. The van der Waals surface area contributed by atoms with E-state index < -0.39 is 17.8 Å². The Hall–Kier alpha value is 0.940. The molecule has 0 aromatic rings. The molecule has 6 heteroatoms. The molecule has 0 unspecified atom stereocenters. The second-order valence-corrected chi connectivity index (χ2v) is 3.40. The van der Waals surface area contributed by atoms with Crippen molar-refractivity contribution in [3.63, 3.8) is 0 Å². The van der Waals surface area contributed by atoms with Gasteiger partial charge in [0, 0.05) is 11.9 Å². The van der Waals surface area contributed by atoms with Crippen LogP contribution in [0, 0.1) is 18.3 Å². The minimum atomic E-state index is -1.11. The van der Waals surface area contributed by atoms with Gasteiger partial charge in [0.1, 0.15) is 0 Å². The third kappa shape index (κ3) is 9.02. The molecular formula is C10H17NNa2O3. The summed E-state index contributed by atoms with van der Waals surface area (Å²) in [5.74, 6) is -2.51. The molecule has 2 atom stereocenters. The zero-order valence-corrected chi connectivity index (χ0v) is 14.7. The predicted molar refractivity (Wildman–Crippen MR) is 50.7 cm³/mol. The number of hydrogen-bond donors (Lipinski definition) is 1. The average Bonchev–Trinajstić information content (AvgIpc) is 2.11. The van der Waals surface area contributed by atoms with E-state index in [1.165, 1.54) is 0 Å². The molecule has 0 saturated heterocycles. The van der Waals surface area contributed by atoms with Crippen molar-refractivity contribution in [1.29, 1.82) is 0 Å². The van der Waals surface area contributed by atoms with E-state index in [4.69, 9.17) is 5.73 Å². The Morgan fingerprint density at radius 1 is 1.31 bits per heavy atom. The molecular weight excluding hydrogens is 228 g/mol. The second kappa shape index (κ2) is 12.4. The van der Waals surface area contributed by atoms with Gasteiger partial charge in [-0.25, -0.2) is 0 Å². The van der Waals surface area contributed by atoms with Gasteiger partial charge in [0.25, 0.3) is 0 Å². The van der Waals surface area contributed by atoms with Crippen molar-refractivity contribution in [3.05, 3.63) is 6.42 Å². The number of carbonyl (C=O) groups is 2. The Kier molecular flexibility index (Phi) is 17.2. The summed E-state index contributed by atoms with van der Waals surface area (Å²) in [5, 5.41) is 10.7. The Morgan fingerprint density at radius 2 is 1.81 bits per heavy atom. The number of carboxylic acids is 1. The van der Waals surface area contributed by atoms with E-state index in [0.717, 1.165) is 0 Å². The minimum Gasteiger partial charge on any atom is -0.550 e. The van der Waals surface area contributed by atoms with E-state index in [1.54, 1.807) is 13.3 Å². The van der Waals surface area contributed by atoms with Gasteiger partial charge in [-0.05, 0) is 18.8 Å². The van der Waals surface area contributed by atoms with Crippen LogP contribution in [0.25, 0.3) is 0 Å². The van der Waals surface area contributed by atoms with E-state index >= 15 is 0 Å². The first kappa shape index (κ1) is 22.1. The Labute approximate surface area is 141 Å². The van der Waals surface area contributed by atoms with E-state index in [2.05, 4.69) is 0 Å². The van der Waals surface area contributed by atoms with Gasteiger partial charge in [-0.2, -0.15) is 13.3 Å². The van der Waals surface area contributed by atoms with Gasteiger partial charge in [-0.15, -0.1) is 0 Å². The van der Waals surface area contributed by atoms with E-state index in [1.807, 2.05) is 6.92 Å². The van der Waals surface area contributed by atoms with Crippen LogP contribution in [0.3, 0.4) is 0 Å². The van der Waals surface area contributed by atoms with Crippen molar-refractivity contribution in [2.45, 2.75) is 33.1 Å². The maximum atomic E-state index is 10.9. The molecule has 0 aliphatic carbocycles. The quantitative estimate of drug-likeness (QED) is 0.358. The van der Waals surface area contributed by atoms with Gasteiger partial charge < -0.3 is 22.1 Å². The zero-order chi connectivity index (χ0) is 11.1. The van der Waals surface area contributed by atoms with Gasteiger partial charge in [-0.1, -0.05) is 6.92 Å². The van der Waals surface area contributed by atoms with Crippen molar-refractivity contribution >= 4 is 11.9 Å². The van der Waals surface area contributed by atoms with Gasteiger partial charge >= 0.3 is 59.1 Å². The predicted octanol–water partition coefficient (Wildman–Crippen LogP) is -6.12. The van der Waals surface area contributed by atoms with Crippen LogP contribution in [0.2, 0.25) is 0 Å². The van der Waals surface area contributed by atoms with Gasteiger partial charge in [0.2, 0.25) is 5.91 Å². The fraction of sp³-hybridized carbons (Fsp3) is 0.700. The first-order chi connectivity index (χ1) is 6.52. The van der Waals surface area contributed by atoms with Crippen molar-refractivity contribution in [2.24, 2.45) is 17.6 Å². The minimum absolute atomic E-state index is 0. The topological polar surface area (TPSA) is 83.2 Å². The number of rotatable bonds is 7. The smallest absolute Gasteiger partial charge is 0.550 e. The summed E-state index contributed by atoms with van der Waals surface area (Å²) in [6, 6.07) is 0. The molecule has 4 nitrogen and oxygen atoms in total. The third-order valence-corrected chi connectivity index (χ3v) is 2.32. The van der Waals surface area contributed by atoms with Crippen molar-refractivity contribution < 1.29 is 73.8 Å². The largest absolute Gasteiger partial charge is 1.00 e. The van der Waals surface area contributed by atoms with Crippen molar-refractivity contribution in [2.75, 3.05) is 0 Å². The molecule has 0 aliphatic rings. The second-order valence-electron chi connectivity index (χ2n) is 3.40. The normalized spacial score (nSPS) is 12.9. The molecule has 16 heavy (non-hydrogen) atoms. The molecule has 0 spiro atoms. The summed E-state index contributed by atoms with van der Waals surface area (Å²) >= 11 is 0. The van der Waals surface area contributed by atoms with Crippen LogP contribution in [0.15, 0.2) is 0 Å². The fourth-order valence-corrected chi connectivity index (χ4v) is 1.40. The molecule has 0 aliphatic heterocycles. The maximum Gasteiger partial charge on any atom is 1.00 e. The number of carboxylic acid groups (broad SMARTS) is 1. The van der Waals surface area contributed by atoms with Gasteiger partial charge in [-0.3, -0.25) is 4.79 Å². The Morgan fingerprint density at radius 3 is 2.06 bits per heavy atom. The van der Waals surface area contributed by atoms with Gasteiger partial charge in [0.15, 0.2) is 0 Å². The summed E-state index contributed by atoms with van der Waals surface area (Å²) in [5.41, 5.74) is 5.13. The molecule has 2 N–H and O–H groups in total. The number of hydrogen-bond acceptors (Lipinski definition) is 3. The maximum absolute atomic E-state index is 10.9. The summed E-state index contributed by atoms with van der Waals surface area (Å²) in [6.07, 6.45) is 3.03. The molecule has 0 radical (unpaired) electrons. The number of nitrogens with two attached hydrogens (primary N) is 1. The van der Waals surface area contributed by atoms with Crippen LogP contribution in [0.1, 0.15) is 33.1 Å². The number of amides is 1. The number of primary amides is 1. The standard InChI is InChI=1S/C10H18NO3.2Na/c1-3-5-8(10(13)14)6-7(4-2)9(11)12;;/h3,7-8H,4-6H2,1-2H3,(H2,11,12)(H,13,14);;/q-1;2*+1/p-1/t7-,8+;;/m1../s1. The Bertz CT molecular complexity index is 212. The molecule has 0 aromatic carbocycles. The fourth-order valence-electron chi connectivity index (χ4n) is 1.40. The molecule has 82 valence electrons. The van der Waals surface area contributed by atoms with Crippen LogP contribution in [-0.2, 0) is 9.59 Å². The van der Waals surface area contributed by atoms with Gasteiger partial charge in [0.05, 0.1) is 0 Å². The SMILES string of the molecule is C[CH-]C[C@@H](C[C@@H](CC)C(N)=O)C(=O)[O-].[Na+].[Na+]. The summed E-state index contributed by atoms with van der Waals surface area (Å²) < 4.78 is 0. The third-order valence-electron chi connectivity index (χ3n) is 2.32. The molecule has 0 saturated carbocycles. The van der Waals surface area contributed by atoms with E-state index in [9.17, 15) is 14.7 Å².